The van der Waals surface area contributed by atoms with Crippen LogP contribution < -0.4 is 15.0 Å². The summed E-state index contributed by atoms with van der Waals surface area (Å²) in [5, 5.41) is 10.8. The average molecular weight is 543 g/mol. The molecule has 1 aromatic carbocycles. The van der Waals surface area contributed by atoms with Crippen LogP contribution in [0.4, 0.5) is 0 Å². The summed E-state index contributed by atoms with van der Waals surface area (Å²) in [6.45, 7) is 4.68. The number of ether oxygens (including phenoxy) is 2. The standard InChI is InChI=1S/C27H26N8O3S/c1-16-11-17(2)34(31-16)10-8-23-30-26-19-13-21(37-3)22(38-4)14-20(19)29-27(35(26)32-23)39-15-18-12-25(36)33-9-6-5-7-24(33)28-18/h5-7,9,11-14H,8,10,15H2,1-4H3. The van der Waals surface area contributed by atoms with Crippen molar-refractivity contribution in [3.8, 4) is 11.5 Å². The SMILES string of the molecule is COc1cc2nc(SCc3cc(=O)n4ccccc4n3)n3nc(CCn4nc(C)cc4C)nc3c2cc1OC. The molecule has 0 N–H and O–H groups in total. The lowest BCUT2D eigenvalue weighted by Gasteiger charge is -2.11. The molecule has 0 aliphatic rings. The van der Waals surface area contributed by atoms with Crippen molar-refractivity contribution in [2.45, 2.75) is 37.7 Å². The molecule has 5 heterocycles. The second kappa shape index (κ2) is 10.0. The molecule has 198 valence electrons. The van der Waals surface area contributed by atoms with Crippen molar-refractivity contribution < 1.29 is 9.47 Å². The van der Waals surface area contributed by atoms with E-state index in [2.05, 4.69) is 16.1 Å². The van der Waals surface area contributed by atoms with Gasteiger partial charge in [-0.05, 0) is 38.1 Å². The molecule has 0 bridgehead atoms. The molecule has 0 saturated carbocycles. The van der Waals surface area contributed by atoms with Gasteiger partial charge in [-0.15, -0.1) is 5.10 Å². The summed E-state index contributed by atoms with van der Waals surface area (Å²) < 4.78 is 16.3. The molecule has 0 atom stereocenters. The molecule has 0 spiro atoms. The van der Waals surface area contributed by atoms with Crippen LogP contribution in [-0.2, 0) is 18.7 Å². The summed E-state index contributed by atoms with van der Waals surface area (Å²) in [6, 6.07) is 12.8. The lowest BCUT2D eigenvalue weighted by Crippen LogP contribution is -2.14. The zero-order valence-electron chi connectivity index (χ0n) is 22.0. The largest absolute Gasteiger partial charge is 0.493 e. The van der Waals surface area contributed by atoms with Crippen LogP contribution in [0.5, 0.6) is 11.5 Å². The Labute approximate surface area is 227 Å². The van der Waals surface area contributed by atoms with Gasteiger partial charge in [-0.2, -0.15) is 9.61 Å². The first kappa shape index (κ1) is 24.9. The van der Waals surface area contributed by atoms with Crippen LogP contribution in [0, 0.1) is 13.8 Å². The average Bonchev–Trinajstić information content (AvgIpc) is 3.51. The second-order valence-corrected chi connectivity index (χ2v) is 10.0. The first-order valence-electron chi connectivity index (χ1n) is 12.4. The summed E-state index contributed by atoms with van der Waals surface area (Å²) in [4.78, 5) is 27.0. The number of benzene rings is 1. The van der Waals surface area contributed by atoms with E-state index in [-0.39, 0.29) is 5.56 Å². The quantitative estimate of drug-likeness (QED) is 0.210. The van der Waals surface area contributed by atoms with Gasteiger partial charge in [-0.25, -0.2) is 15.0 Å². The van der Waals surface area contributed by atoms with Crippen molar-refractivity contribution >= 4 is 34.0 Å². The summed E-state index contributed by atoms with van der Waals surface area (Å²) in [6.07, 6.45) is 2.31. The number of hydrogen-bond donors (Lipinski definition) is 0. The molecule has 39 heavy (non-hydrogen) atoms. The number of thioether (sulfide) groups is 1. The Balaban J connectivity index is 1.41. The zero-order chi connectivity index (χ0) is 27.1. The highest BCUT2D eigenvalue weighted by Gasteiger charge is 2.18. The molecule has 0 saturated heterocycles. The fraction of sp³-hybridized carbons (Fsp3) is 0.259. The van der Waals surface area contributed by atoms with Gasteiger partial charge in [0.25, 0.3) is 5.56 Å². The minimum atomic E-state index is -0.128. The molecular weight excluding hydrogens is 516 g/mol. The van der Waals surface area contributed by atoms with Crippen molar-refractivity contribution in [1.29, 1.82) is 0 Å². The van der Waals surface area contributed by atoms with Gasteiger partial charge in [0.2, 0.25) is 0 Å². The van der Waals surface area contributed by atoms with Crippen LogP contribution in [-0.4, -0.2) is 53.0 Å². The van der Waals surface area contributed by atoms with E-state index < -0.39 is 0 Å². The predicted octanol–water partition coefficient (Wildman–Crippen LogP) is 3.65. The highest BCUT2D eigenvalue weighted by Crippen LogP contribution is 2.34. The number of pyridine rings is 1. The maximum absolute atomic E-state index is 12.6. The van der Waals surface area contributed by atoms with Gasteiger partial charge in [0.15, 0.2) is 28.1 Å². The lowest BCUT2D eigenvalue weighted by atomic mass is 10.2. The van der Waals surface area contributed by atoms with Crippen LogP contribution in [0.15, 0.2) is 58.6 Å². The highest BCUT2D eigenvalue weighted by atomic mass is 32.2. The van der Waals surface area contributed by atoms with Crippen molar-refractivity contribution in [2.75, 3.05) is 14.2 Å². The van der Waals surface area contributed by atoms with Gasteiger partial charge in [-0.3, -0.25) is 13.9 Å². The number of aryl methyl sites for hydroxylation is 4. The van der Waals surface area contributed by atoms with E-state index in [0.717, 1.165) is 16.8 Å². The van der Waals surface area contributed by atoms with E-state index in [9.17, 15) is 4.79 Å². The normalized spacial score (nSPS) is 11.6. The van der Waals surface area contributed by atoms with Gasteiger partial charge in [0, 0.05) is 48.1 Å². The first-order valence-corrected chi connectivity index (χ1v) is 13.3. The van der Waals surface area contributed by atoms with Gasteiger partial charge in [0.05, 0.1) is 31.1 Å². The molecule has 5 aromatic heterocycles. The molecule has 6 rings (SSSR count). The molecular formula is C27H26N8O3S. The fourth-order valence-corrected chi connectivity index (χ4v) is 5.41. The Hall–Kier alpha value is -4.45. The number of nitrogens with zero attached hydrogens (tertiary/aromatic N) is 8. The zero-order valence-corrected chi connectivity index (χ0v) is 22.8. The molecule has 0 radical (unpaired) electrons. The van der Waals surface area contributed by atoms with E-state index in [0.29, 0.717) is 63.7 Å². The Morgan fingerprint density at radius 2 is 1.77 bits per heavy atom. The summed E-state index contributed by atoms with van der Waals surface area (Å²) in [5.74, 6) is 2.27. The number of rotatable bonds is 8. The molecule has 0 fully saturated rings. The van der Waals surface area contributed by atoms with Crippen LogP contribution in [0.2, 0.25) is 0 Å². The van der Waals surface area contributed by atoms with Crippen LogP contribution >= 0.6 is 11.8 Å². The monoisotopic (exact) mass is 542 g/mol. The number of hydrogen-bond acceptors (Lipinski definition) is 9. The van der Waals surface area contributed by atoms with Gasteiger partial charge < -0.3 is 9.47 Å². The molecule has 0 aliphatic heterocycles. The predicted molar refractivity (Wildman–Crippen MR) is 148 cm³/mol. The molecule has 0 unspecified atom stereocenters. The lowest BCUT2D eigenvalue weighted by molar-refractivity contribution is 0.355. The topological polar surface area (TPSA) is 114 Å². The third kappa shape index (κ3) is 4.67. The van der Waals surface area contributed by atoms with E-state index in [1.807, 2.05) is 42.8 Å². The fourth-order valence-electron chi connectivity index (χ4n) is 4.57. The number of methoxy groups -OCH3 is 2. The van der Waals surface area contributed by atoms with E-state index in [1.54, 1.807) is 37.1 Å². The molecule has 6 aromatic rings. The summed E-state index contributed by atoms with van der Waals surface area (Å²) in [5.41, 5.74) is 4.56. The third-order valence-electron chi connectivity index (χ3n) is 6.41. The van der Waals surface area contributed by atoms with Crippen LogP contribution in [0.1, 0.15) is 22.9 Å². The summed E-state index contributed by atoms with van der Waals surface area (Å²) >= 11 is 1.44. The molecule has 12 heteroatoms. The number of aromatic nitrogens is 8. The van der Waals surface area contributed by atoms with Crippen LogP contribution in [0.25, 0.3) is 22.2 Å². The third-order valence-corrected chi connectivity index (χ3v) is 7.38. The van der Waals surface area contributed by atoms with Gasteiger partial charge in [0.1, 0.15) is 5.65 Å². The first-order chi connectivity index (χ1) is 18.9. The second-order valence-electron chi connectivity index (χ2n) is 9.09. The van der Waals surface area contributed by atoms with Gasteiger partial charge >= 0.3 is 0 Å². The van der Waals surface area contributed by atoms with Crippen molar-refractivity contribution in [3.63, 3.8) is 0 Å². The van der Waals surface area contributed by atoms with Crippen molar-refractivity contribution in [2.24, 2.45) is 0 Å². The van der Waals surface area contributed by atoms with E-state index >= 15 is 0 Å². The molecule has 11 nitrogen and oxygen atoms in total. The summed E-state index contributed by atoms with van der Waals surface area (Å²) in [7, 11) is 3.19. The van der Waals surface area contributed by atoms with Crippen molar-refractivity contribution in [3.05, 3.63) is 81.9 Å². The minimum Gasteiger partial charge on any atom is -0.493 e. The Morgan fingerprint density at radius 1 is 0.949 bits per heavy atom. The minimum absolute atomic E-state index is 0.128. The number of fused-ring (bicyclic) bond motifs is 4. The van der Waals surface area contributed by atoms with Crippen molar-refractivity contribution in [1.82, 2.24) is 38.7 Å². The highest BCUT2D eigenvalue weighted by molar-refractivity contribution is 7.98. The molecule has 0 aliphatic carbocycles. The Bertz CT molecular complexity index is 1910. The smallest absolute Gasteiger partial charge is 0.258 e. The van der Waals surface area contributed by atoms with E-state index in [1.165, 1.54) is 16.2 Å². The Morgan fingerprint density at radius 3 is 2.54 bits per heavy atom. The van der Waals surface area contributed by atoms with Gasteiger partial charge in [-0.1, -0.05) is 17.8 Å². The molecule has 0 amide bonds. The van der Waals surface area contributed by atoms with E-state index in [4.69, 9.17) is 24.5 Å². The Kier molecular flexibility index (Phi) is 6.39. The maximum atomic E-state index is 12.6. The maximum Gasteiger partial charge on any atom is 0.258 e. The van der Waals surface area contributed by atoms with Crippen LogP contribution in [0.3, 0.4) is 0 Å².